The molecule has 0 saturated carbocycles. The highest BCUT2D eigenvalue weighted by molar-refractivity contribution is 5.88. The van der Waals surface area contributed by atoms with Crippen LogP contribution in [0.15, 0.2) is 48.5 Å². The summed E-state index contributed by atoms with van der Waals surface area (Å²) in [6.07, 6.45) is 1.14. The number of carbonyl (C=O) groups is 2. The van der Waals surface area contributed by atoms with Crippen LogP contribution in [0, 0.1) is 13.8 Å². The van der Waals surface area contributed by atoms with Gasteiger partial charge in [0.25, 0.3) is 0 Å². The van der Waals surface area contributed by atoms with Crippen LogP contribution < -0.4 is 5.32 Å². The van der Waals surface area contributed by atoms with Gasteiger partial charge in [-0.25, -0.2) is 0 Å². The van der Waals surface area contributed by atoms with E-state index in [1.807, 2.05) is 76.2 Å². The van der Waals surface area contributed by atoms with Crippen molar-refractivity contribution in [3.63, 3.8) is 0 Å². The molecule has 1 N–H and O–H groups in total. The molecule has 4 nitrogen and oxygen atoms in total. The molecule has 2 unspecified atom stereocenters. The third-order valence-corrected chi connectivity index (χ3v) is 5.12. The number of nitrogens with one attached hydrogen (secondary N) is 1. The second-order valence-corrected chi connectivity index (χ2v) is 7.66. The molecule has 0 fully saturated rings. The van der Waals surface area contributed by atoms with Crippen LogP contribution >= 0.6 is 0 Å². The molecule has 28 heavy (non-hydrogen) atoms. The Morgan fingerprint density at radius 2 is 1.39 bits per heavy atom. The monoisotopic (exact) mass is 380 g/mol. The Balaban J connectivity index is 2.20. The summed E-state index contributed by atoms with van der Waals surface area (Å²) in [5.41, 5.74) is 4.31. The number of hydrogen-bond donors (Lipinski definition) is 1. The van der Waals surface area contributed by atoms with Crippen molar-refractivity contribution in [2.24, 2.45) is 0 Å². The number of carbonyl (C=O) groups excluding carboxylic acids is 2. The molecule has 2 aromatic carbocycles. The van der Waals surface area contributed by atoms with Crippen LogP contribution in [0.2, 0.25) is 0 Å². The smallest absolute Gasteiger partial charge is 0.242 e. The van der Waals surface area contributed by atoms with Crippen LogP contribution in [-0.4, -0.2) is 28.8 Å². The van der Waals surface area contributed by atoms with E-state index in [-0.39, 0.29) is 24.3 Å². The molecule has 0 aliphatic heterocycles. The molecule has 0 aliphatic carbocycles. The molecule has 2 aromatic rings. The Hall–Kier alpha value is -2.62. The molecule has 0 bridgehead atoms. The number of amides is 2. The van der Waals surface area contributed by atoms with Crippen molar-refractivity contribution < 1.29 is 9.59 Å². The minimum atomic E-state index is -0.534. The zero-order chi connectivity index (χ0) is 20.7. The Kier molecular flexibility index (Phi) is 7.80. The molecule has 0 spiro atoms. The molecule has 0 heterocycles. The predicted octanol–water partition coefficient (Wildman–Crippen LogP) is 4.18. The van der Waals surface area contributed by atoms with Crippen LogP contribution in [0.3, 0.4) is 0 Å². The molecule has 150 valence electrons. The molecule has 0 aliphatic rings. The molecular weight excluding hydrogens is 348 g/mol. The van der Waals surface area contributed by atoms with Crippen molar-refractivity contribution >= 4 is 11.8 Å². The quantitative estimate of drug-likeness (QED) is 0.747. The summed E-state index contributed by atoms with van der Waals surface area (Å²) in [5, 5.41) is 3.00. The van der Waals surface area contributed by atoms with Crippen LogP contribution in [0.25, 0.3) is 0 Å². The maximum atomic E-state index is 13.1. The van der Waals surface area contributed by atoms with E-state index in [0.29, 0.717) is 6.54 Å². The van der Waals surface area contributed by atoms with Gasteiger partial charge in [-0.05, 0) is 45.2 Å². The fourth-order valence-electron chi connectivity index (χ4n) is 2.92. The summed E-state index contributed by atoms with van der Waals surface area (Å²) < 4.78 is 0. The fraction of sp³-hybridized carbons (Fsp3) is 0.417. The lowest BCUT2D eigenvalue weighted by Crippen LogP contribution is -2.49. The van der Waals surface area contributed by atoms with Gasteiger partial charge in [-0.1, -0.05) is 66.6 Å². The van der Waals surface area contributed by atoms with E-state index in [1.165, 1.54) is 5.56 Å². The van der Waals surface area contributed by atoms with Crippen molar-refractivity contribution in [2.75, 3.05) is 0 Å². The highest BCUT2D eigenvalue weighted by atomic mass is 16.2. The van der Waals surface area contributed by atoms with Crippen molar-refractivity contribution in [3.8, 4) is 0 Å². The summed E-state index contributed by atoms with van der Waals surface area (Å²) in [6.45, 7) is 10.3. The van der Waals surface area contributed by atoms with Gasteiger partial charge in [0.15, 0.2) is 0 Å². The zero-order valence-corrected chi connectivity index (χ0v) is 17.7. The summed E-state index contributed by atoms with van der Waals surface area (Å²) in [5.74, 6) is -0.157. The van der Waals surface area contributed by atoms with Crippen molar-refractivity contribution in [2.45, 2.75) is 66.1 Å². The summed E-state index contributed by atoms with van der Waals surface area (Å²) in [6, 6.07) is 15.6. The summed E-state index contributed by atoms with van der Waals surface area (Å²) in [7, 11) is 0. The van der Waals surface area contributed by atoms with Crippen molar-refractivity contribution in [1.82, 2.24) is 10.2 Å². The minimum Gasteiger partial charge on any atom is -0.352 e. The lowest BCUT2D eigenvalue weighted by molar-refractivity contribution is -0.140. The first-order valence-electron chi connectivity index (χ1n) is 10.0. The standard InChI is InChI=1S/C24H32N2O2/c1-6-19(4)25-24(28)20(5)26(16-22-13-9-18(3)10-14-22)23(27)15-21-11-7-17(2)8-12-21/h7-14,19-20H,6,15-16H2,1-5H3,(H,25,28). The molecule has 2 rings (SSSR count). The van der Waals surface area contributed by atoms with Crippen LogP contribution in [0.1, 0.15) is 49.4 Å². The number of hydrogen-bond acceptors (Lipinski definition) is 2. The zero-order valence-electron chi connectivity index (χ0n) is 17.7. The Labute approximate surface area is 169 Å². The second kappa shape index (κ2) is 10.1. The minimum absolute atomic E-state index is 0.0452. The maximum absolute atomic E-state index is 13.1. The number of benzene rings is 2. The predicted molar refractivity (Wildman–Crippen MR) is 114 cm³/mol. The van der Waals surface area contributed by atoms with E-state index in [9.17, 15) is 9.59 Å². The van der Waals surface area contributed by atoms with Crippen molar-refractivity contribution in [3.05, 3.63) is 70.8 Å². The number of rotatable bonds is 8. The highest BCUT2D eigenvalue weighted by Gasteiger charge is 2.26. The average Bonchev–Trinajstić information content (AvgIpc) is 2.68. The number of nitrogens with zero attached hydrogens (tertiary/aromatic N) is 1. The van der Waals surface area contributed by atoms with Gasteiger partial charge < -0.3 is 10.2 Å². The van der Waals surface area contributed by atoms with Crippen LogP contribution in [-0.2, 0) is 22.6 Å². The van der Waals surface area contributed by atoms with Gasteiger partial charge in [-0.2, -0.15) is 0 Å². The van der Waals surface area contributed by atoms with Gasteiger partial charge in [-0.3, -0.25) is 9.59 Å². The van der Waals surface area contributed by atoms with Crippen LogP contribution in [0.4, 0.5) is 0 Å². The molecule has 0 radical (unpaired) electrons. The SMILES string of the molecule is CCC(C)NC(=O)C(C)N(Cc1ccc(C)cc1)C(=O)Cc1ccc(C)cc1. The first-order valence-corrected chi connectivity index (χ1v) is 10.0. The molecule has 4 heteroatoms. The molecular formula is C24H32N2O2. The third kappa shape index (κ3) is 6.22. The first-order chi connectivity index (χ1) is 13.3. The fourth-order valence-corrected chi connectivity index (χ4v) is 2.92. The molecule has 0 saturated heterocycles. The summed E-state index contributed by atoms with van der Waals surface area (Å²) >= 11 is 0. The van der Waals surface area contributed by atoms with E-state index in [0.717, 1.165) is 23.1 Å². The Morgan fingerprint density at radius 1 is 0.893 bits per heavy atom. The topological polar surface area (TPSA) is 49.4 Å². The lowest BCUT2D eigenvalue weighted by atomic mass is 10.1. The van der Waals surface area contributed by atoms with E-state index in [1.54, 1.807) is 11.8 Å². The lowest BCUT2D eigenvalue weighted by Gasteiger charge is -2.30. The van der Waals surface area contributed by atoms with E-state index < -0.39 is 6.04 Å². The van der Waals surface area contributed by atoms with Gasteiger partial charge in [0.05, 0.1) is 6.42 Å². The molecule has 0 aromatic heterocycles. The van der Waals surface area contributed by atoms with E-state index in [2.05, 4.69) is 5.32 Å². The summed E-state index contributed by atoms with van der Waals surface area (Å²) in [4.78, 5) is 27.5. The number of aryl methyl sites for hydroxylation is 2. The van der Waals surface area contributed by atoms with Crippen LogP contribution in [0.5, 0.6) is 0 Å². The van der Waals surface area contributed by atoms with Gasteiger partial charge in [-0.15, -0.1) is 0 Å². The second-order valence-electron chi connectivity index (χ2n) is 7.66. The van der Waals surface area contributed by atoms with Gasteiger partial charge in [0, 0.05) is 12.6 Å². The normalized spacial score (nSPS) is 12.9. The maximum Gasteiger partial charge on any atom is 0.242 e. The third-order valence-electron chi connectivity index (χ3n) is 5.12. The van der Waals surface area contributed by atoms with E-state index in [4.69, 9.17) is 0 Å². The molecule has 2 atom stereocenters. The van der Waals surface area contributed by atoms with E-state index >= 15 is 0 Å². The van der Waals surface area contributed by atoms with Gasteiger partial charge in [0.1, 0.15) is 6.04 Å². The highest BCUT2D eigenvalue weighted by Crippen LogP contribution is 2.14. The molecule has 2 amide bonds. The van der Waals surface area contributed by atoms with Gasteiger partial charge in [0.2, 0.25) is 11.8 Å². The van der Waals surface area contributed by atoms with Crippen molar-refractivity contribution in [1.29, 1.82) is 0 Å². The average molecular weight is 381 g/mol. The largest absolute Gasteiger partial charge is 0.352 e. The first kappa shape index (κ1) is 21.7. The Bertz CT molecular complexity index is 781. The van der Waals surface area contributed by atoms with Gasteiger partial charge >= 0.3 is 0 Å². The Morgan fingerprint density at radius 3 is 1.89 bits per heavy atom.